The molecule has 1 aromatic carbocycles. The second kappa shape index (κ2) is 7.27. The number of thiophene rings is 1. The van der Waals surface area contributed by atoms with Crippen molar-refractivity contribution < 1.29 is 13.2 Å². The minimum Gasteiger partial charge on any atom is -0.331 e. The van der Waals surface area contributed by atoms with E-state index >= 15 is 0 Å². The van der Waals surface area contributed by atoms with Gasteiger partial charge in [-0.1, -0.05) is 19.1 Å². The van der Waals surface area contributed by atoms with Crippen LogP contribution in [0.1, 0.15) is 46.6 Å². The third kappa shape index (κ3) is 3.63. The van der Waals surface area contributed by atoms with Gasteiger partial charge in [0.2, 0.25) is 10.0 Å². The first-order valence-corrected chi connectivity index (χ1v) is 10.7. The summed E-state index contributed by atoms with van der Waals surface area (Å²) in [6.45, 7) is 4.58. The second-order valence-electron chi connectivity index (χ2n) is 6.15. The Morgan fingerprint density at radius 2 is 2.16 bits per heavy atom. The van der Waals surface area contributed by atoms with E-state index in [0.29, 0.717) is 18.7 Å². The van der Waals surface area contributed by atoms with E-state index in [-0.39, 0.29) is 16.8 Å². The van der Waals surface area contributed by atoms with E-state index in [9.17, 15) is 13.2 Å². The Bertz CT molecular complexity index is 860. The summed E-state index contributed by atoms with van der Waals surface area (Å²) in [6.07, 6.45) is 1.91. The van der Waals surface area contributed by atoms with Crippen molar-refractivity contribution in [3.63, 3.8) is 0 Å². The SMILES string of the molecule is CCNS(=O)(=O)c1ccc(C)c(C(=O)N2CCCC2c2cccs2)c1. The van der Waals surface area contributed by atoms with E-state index in [1.54, 1.807) is 30.4 Å². The number of carbonyl (C=O) groups is 1. The molecule has 5 nitrogen and oxygen atoms in total. The molecule has 2 aromatic rings. The molecule has 25 heavy (non-hydrogen) atoms. The standard InChI is InChI=1S/C18H22N2O3S2/c1-3-19-25(22,23)14-9-8-13(2)15(12-14)18(21)20-10-4-6-16(20)17-7-5-11-24-17/h5,7-9,11-12,16,19H,3-4,6,10H2,1-2H3. The topological polar surface area (TPSA) is 66.5 Å². The maximum atomic E-state index is 13.1. The summed E-state index contributed by atoms with van der Waals surface area (Å²) < 4.78 is 27.0. The fourth-order valence-electron chi connectivity index (χ4n) is 3.21. The number of sulfonamides is 1. The van der Waals surface area contributed by atoms with Crippen molar-refractivity contribution in [3.05, 3.63) is 51.7 Å². The number of hydrogen-bond acceptors (Lipinski definition) is 4. The molecule has 0 aliphatic carbocycles. The molecule has 1 saturated heterocycles. The van der Waals surface area contributed by atoms with Crippen molar-refractivity contribution in [2.75, 3.05) is 13.1 Å². The summed E-state index contributed by atoms with van der Waals surface area (Å²) in [7, 11) is -3.58. The number of hydrogen-bond donors (Lipinski definition) is 1. The van der Waals surface area contributed by atoms with Crippen LogP contribution in [-0.4, -0.2) is 32.3 Å². The molecule has 0 spiro atoms. The van der Waals surface area contributed by atoms with E-state index in [1.807, 2.05) is 23.3 Å². The highest BCUT2D eigenvalue weighted by molar-refractivity contribution is 7.89. The maximum absolute atomic E-state index is 13.1. The zero-order chi connectivity index (χ0) is 18.0. The predicted octanol–water partition coefficient (Wildman–Crippen LogP) is 3.33. The molecule has 7 heteroatoms. The molecular formula is C18H22N2O3S2. The number of nitrogens with one attached hydrogen (secondary N) is 1. The van der Waals surface area contributed by atoms with Gasteiger partial charge in [-0.3, -0.25) is 4.79 Å². The van der Waals surface area contributed by atoms with Crippen molar-refractivity contribution in [2.45, 2.75) is 37.6 Å². The van der Waals surface area contributed by atoms with Crippen LogP contribution in [0.3, 0.4) is 0 Å². The summed E-state index contributed by atoms with van der Waals surface area (Å²) in [6, 6.07) is 8.88. The lowest BCUT2D eigenvalue weighted by Crippen LogP contribution is -2.31. The van der Waals surface area contributed by atoms with Gasteiger partial charge in [-0.15, -0.1) is 11.3 Å². The van der Waals surface area contributed by atoms with Crippen LogP contribution in [0.5, 0.6) is 0 Å². The monoisotopic (exact) mass is 378 g/mol. The Morgan fingerprint density at radius 1 is 1.36 bits per heavy atom. The normalized spacial score (nSPS) is 17.8. The van der Waals surface area contributed by atoms with Crippen molar-refractivity contribution in [3.8, 4) is 0 Å². The van der Waals surface area contributed by atoms with Gasteiger partial charge in [-0.25, -0.2) is 13.1 Å². The van der Waals surface area contributed by atoms with Crippen LogP contribution in [0.25, 0.3) is 0 Å². The molecule has 1 unspecified atom stereocenters. The van der Waals surface area contributed by atoms with Crippen LogP contribution in [0.15, 0.2) is 40.6 Å². The first-order chi connectivity index (χ1) is 11.9. The highest BCUT2D eigenvalue weighted by Gasteiger charge is 2.32. The molecule has 1 aliphatic rings. The van der Waals surface area contributed by atoms with Gasteiger partial charge < -0.3 is 4.90 Å². The highest BCUT2D eigenvalue weighted by atomic mass is 32.2. The van der Waals surface area contributed by atoms with Crippen molar-refractivity contribution in [1.82, 2.24) is 9.62 Å². The Labute approximate surface area is 152 Å². The van der Waals surface area contributed by atoms with Gasteiger partial charge in [0.05, 0.1) is 10.9 Å². The molecule has 1 atom stereocenters. The van der Waals surface area contributed by atoms with Crippen molar-refractivity contribution in [1.29, 1.82) is 0 Å². The van der Waals surface area contributed by atoms with E-state index < -0.39 is 10.0 Å². The third-order valence-electron chi connectivity index (χ3n) is 4.47. The highest BCUT2D eigenvalue weighted by Crippen LogP contribution is 2.36. The Balaban J connectivity index is 1.94. The van der Waals surface area contributed by atoms with Crippen LogP contribution in [-0.2, 0) is 10.0 Å². The Morgan fingerprint density at radius 3 is 2.84 bits per heavy atom. The molecule has 1 amide bonds. The van der Waals surface area contributed by atoms with Crippen LogP contribution in [0.2, 0.25) is 0 Å². The van der Waals surface area contributed by atoms with Gasteiger partial charge in [0.25, 0.3) is 5.91 Å². The number of aryl methyl sites for hydroxylation is 1. The average molecular weight is 379 g/mol. The van der Waals surface area contributed by atoms with Crippen LogP contribution in [0.4, 0.5) is 0 Å². The lowest BCUT2D eigenvalue weighted by atomic mass is 10.1. The fourth-order valence-corrected chi connectivity index (χ4v) is 5.15. The van der Waals surface area contributed by atoms with Crippen LogP contribution in [0, 0.1) is 6.92 Å². The Kier molecular flexibility index (Phi) is 5.27. The summed E-state index contributed by atoms with van der Waals surface area (Å²) in [5.41, 5.74) is 1.25. The average Bonchev–Trinajstić information content (AvgIpc) is 3.25. The molecule has 1 N–H and O–H groups in total. The van der Waals surface area contributed by atoms with Gasteiger partial charge in [0, 0.05) is 23.5 Å². The number of likely N-dealkylation sites (tertiary alicyclic amines) is 1. The van der Waals surface area contributed by atoms with E-state index in [4.69, 9.17) is 0 Å². The lowest BCUT2D eigenvalue weighted by Gasteiger charge is -2.25. The van der Waals surface area contributed by atoms with Gasteiger partial charge >= 0.3 is 0 Å². The number of carbonyl (C=O) groups excluding carboxylic acids is 1. The molecule has 1 aliphatic heterocycles. The van der Waals surface area contributed by atoms with Gasteiger partial charge in [0.15, 0.2) is 0 Å². The molecule has 1 aromatic heterocycles. The minimum atomic E-state index is -3.58. The van der Waals surface area contributed by atoms with E-state index in [2.05, 4.69) is 10.8 Å². The molecule has 3 rings (SSSR count). The number of amides is 1. The minimum absolute atomic E-state index is 0.0842. The number of rotatable bonds is 5. The largest absolute Gasteiger partial charge is 0.331 e. The fraction of sp³-hybridized carbons (Fsp3) is 0.389. The quantitative estimate of drug-likeness (QED) is 0.868. The lowest BCUT2D eigenvalue weighted by molar-refractivity contribution is 0.0737. The molecule has 134 valence electrons. The molecule has 0 saturated carbocycles. The van der Waals surface area contributed by atoms with Crippen molar-refractivity contribution >= 4 is 27.3 Å². The summed E-state index contributed by atoms with van der Waals surface area (Å²) in [4.78, 5) is 16.3. The molecular weight excluding hydrogens is 356 g/mol. The van der Waals surface area contributed by atoms with E-state index in [1.165, 1.54) is 10.9 Å². The number of nitrogens with zero attached hydrogens (tertiary/aromatic N) is 1. The Hall–Kier alpha value is -1.70. The van der Waals surface area contributed by atoms with E-state index in [0.717, 1.165) is 18.4 Å². The predicted molar refractivity (Wildman–Crippen MR) is 99.4 cm³/mol. The van der Waals surface area contributed by atoms with Gasteiger partial charge in [-0.05, 0) is 48.9 Å². The third-order valence-corrected chi connectivity index (χ3v) is 6.99. The smallest absolute Gasteiger partial charge is 0.254 e. The number of benzene rings is 1. The maximum Gasteiger partial charge on any atom is 0.254 e. The first kappa shape index (κ1) is 18.1. The second-order valence-corrected chi connectivity index (χ2v) is 8.90. The molecule has 2 heterocycles. The summed E-state index contributed by atoms with van der Waals surface area (Å²) >= 11 is 1.65. The zero-order valence-corrected chi connectivity index (χ0v) is 16.0. The zero-order valence-electron chi connectivity index (χ0n) is 14.4. The molecule has 0 bridgehead atoms. The van der Waals surface area contributed by atoms with Crippen LogP contribution < -0.4 is 4.72 Å². The van der Waals surface area contributed by atoms with Crippen LogP contribution >= 0.6 is 11.3 Å². The van der Waals surface area contributed by atoms with Crippen molar-refractivity contribution in [2.24, 2.45) is 0 Å². The van der Waals surface area contributed by atoms with Gasteiger partial charge in [0.1, 0.15) is 0 Å². The molecule has 0 radical (unpaired) electrons. The van der Waals surface area contributed by atoms with Gasteiger partial charge in [-0.2, -0.15) is 0 Å². The summed E-state index contributed by atoms with van der Waals surface area (Å²) in [5, 5.41) is 2.02. The summed E-state index contributed by atoms with van der Waals surface area (Å²) in [5.74, 6) is -0.0954. The molecule has 1 fully saturated rings. The first-order valence-electron chi connectivity index (χ1n) is 8.38.